The molecule has 7 rings (SSSR count). The number of halogens is 1. The van der Waals surface area contributed by atoms with E-state index in [0.717, 1.165) is 44.1 Å². The van der Waals surface area contributed by atoms with Gasteiger partial charge in [0.1, 0.15) is 11.9 Å². The van der Waals surface area contributed by atoms with Crippen LogP contribution in [0, 0.1) is 12.8 Å². The number of ether oxygens (including phenoxy) is 1. The molecule has 4 fully saturated rings. The van der Waals surface area contributed by atoms with E-state index in [9.17, 15) is 9.59 Å². The Balaban J connectivity index is 1.39. The van der Waals surface area contributed by atoms with Crippen molar-refractivity contribution in [1.82, 2.24) is 14.8 Å². The monoisotopic (exact) mass is 495 g/mol. The van der Waals surface area contributed by atoms with E-state index < -0.39 is 0 Å². The fraction of sp³-hybridized carbons (Fsp3) is 0.423. The molecule has 6 nitrogen and oxygen atoms in total. The number of rotatable bonds is 5. The van der Waals surface area contributed by atoms with Gasteiger partial charge in [-0.05, 0) is 68.6 Å². The number of piperidine rings is 3. The Morgan fingerprint density at radius 1 is 1.12 bits per heavy atom. The SMILES string of the molecule is Cc1cc(Cl)cc(-c2ccnc3cc(CN4C(=O)CCC4=O)sc23)c1OC1CN2CCC1CC2. The van der Waals surface area contributed by atoms with Crippen LogP contribution in [0.3, 0.4) is 0 Å². The van der Waals surface area contributed by atoms with Gasteiger partial charge in [-0.15, -0.1) is 11.3 Å². The molecule has 176 valence electrons. The first kappa shape index (κ1) is 22.0. The highest BCUT2D eigenvalue weighted by Gasteiger charge is 2.36. The number of likely N-dealkylation sites (tertiary alicyclic amines) is 1. The maximum absolute atomic E-state index is 12.1. The molecule has 2 bridgehead atoms. The molecule has 1 aromatic carbocycles. The average molecular weight is 496 g/mol. The van der Waals surface area contributed by atoms with Crippen LogP contribution >= 0.6 is 22.9 Å². The van der Waals surface area contributed by atoms with Crippen molar-refractivity contribution in [3.8, 4) is 16.9 Å². The number of carbonyl (C=O) groups is 2. The molecule has 1 atom stereocenters. The highest BCUT2D eigenvalue weighted by molar-refractivity contribution is 7.19. The minimum atomic E-state index is -0.102. The van der Waals surface area contributed by atoms with E-state index in [4.69, 9.17) is 16.3 Å². The number of benzene rings is 1. The Morgan fingerprint density at radius 2 is 1.88 bits per heavy atom. The summed E-state index contributed by atoms with van der Waals surface area (Å²) in [7, 11) is 0. The van der Waals surface area contributed by atoms with E-state index in [1.807, 2.05) is 24.3 Å². The molecule has 0 radical (unpaired) electrons. The second-order valence-corrected chi connectivity index (χ2v) is 11.1. The summed E-state index contributed by atoms with van der Waals surface area (Å²) in [5.74, 6) is 1.27. The third-order valence-corrected chi connectivity index (χ3v) is 8.69. The van der Waals surface area contributed by atoms with Gasteiger partial charge in [-0.1, -0.05) is 11.6 Å². The smallest absolute Gasteiger partial charge is 0.230 e. The van der Waals surface area contributed by atoms with Crippen LogP contribution in [0.2, 0.25) is 5.02 Å². The largest absolute Gasteiger partial charge is 0.488 e. The van der Waals surface area contributed by atoms with Crippen LogP contribution in [0.5, 0.6) is 5.75 Å². The van der Waals surface area contributed by atoms with Gasteiger partial charge in [0.25, 0.3) is 0 Å². The molecule has 8 heteroatoms. The first-order valence-electron chi connectivity index (χ1n) is 11.9. The zero-order valence-electron chi connectivity index (χ0n) is 19.1. The molecule has 1 unspecified atom stereocenters. The minimum Gasteiger partial charge on any atom is -0.488 e. The van der Waals surface area contributed by atoms with E-state index in [1.54, 1.807) is 17.5 Å². The standard InChI is InChI=1S/C26H26ClN3O3S/c1-15-10-17(27)11-20(25(15)33-22-14-29-8-5-16(22)6-9-29)19-4-7-28-21-12-18(34-26(19)21)13-30-23(31)2-3-24(30)32/h4,7,10-12,16,22H,2-3,5-6,8-9,13-14H2,1H3. The Bertz CT molecular complexity index is 1280. The van der Waals surface area contributed by atoms with Gasteiger partial charge in [-0.25, -0.2) is 0 Å². The third-order valence-electron chi connectivity index (χ3n) is 7.33. The number of aryl methyl sites for hydroxylation is 1. The maximum atomic E-state index is 12.1. The fourth-order valence-corrected chi connectivity index (χ4v) is 6.92. The number of aromatic nitrogens is 1. The summed E-state index contributed by atoms with van der Waals surface area (Å²) in [6.45, 7) is 5.66. The molecule has 4 saturated heterocycles. The van der Waals surface area contributed by atoms with Crippen molar-refractivity contribution in [2.24, 2.45) is 5.92 Å². The summed E-state index contributed by atoms with van der Waals surface area (Å²) in [6, 6.07) is 7.93. The Kier molecular flexibility index (Phi) is 5.59. The van der Waals surface area contributed by atoms with Crippen LogP contribution in [-0.2, 0) is 16.1 Å². The maximum Gasteiger partial charge on any atom is 0.230 e. The lowest BCUT2D eigenvalue weighted by atomic mass is 9.85. The van der Waals surface area contributed by atoms with Crippen LogP contribution < -0.4 is 4.74 Å². The predicted octanol–water partition coefficient (Wildman–Crippen LogP) is 5.05. The van der Waals surface area contributed by atoms with Crippen LogP contribution in [0.15, 0.2) is 30.5 Å². The van der Waals surface area contributed by atoms with Gasteiger partial charge in [0.15, 0.2) is 0 Å². The molecule has 4 aliphatic rings. The van der Waals surface area contributed by atoms with Crippen LogP contribution in [0.25, 0.3) is 21.3 Å². The Hall–Kier alpha value is -2.48. The van der Waals surface area contributed by atoms with Crippen molar-refractivity contribution in [2.45, 2.75) is 45.3 Å². The van der Waals surface area contributed by atoms with Gasteiger partial charge in [0.05, 0.1) is 16.8 Å². The zero-order valence-corrected chi connectivity index (χ0v) is 20.6. The van der Waals surface area contributed by atoms with Crippen molar-refractivity contribution < 1.29 is 14.3 Å². The molecule has 34 heavy (non-hydrogen) atoms. The molecule has 6 heterocycles. The summed E-state index contributed by atoms with van der Waals surface area (Å²) in [4.78, 5) is 33.6. The van der Waals surface area contributed by atoms with Gasteiger partial charge in [0.2, 0.25) is 11.8 Å². The number of carbonyl (C=O) groups excluding carboxylic acids is 2. The number of nitrogens with zero attached hydrogens (tertiary/aromatic N) is 3. The molecule has 0 saturated carbocycles. The first-order chi connectivity index (χ1) is 16.5. The topological polar surface area (TPSA) is 62.7 Å². The fourth-order valence-electron chi connectivity index (χ4n) is 5.51. The van der Waals surface area contributed by atoms with Gasteiger partial charge < -0.3 is 4.74 Å². The van der Waals surface area contributed by atoms with Crippen LogP contribution in [-0.4, -0.2) is 52.3 Å². The number of hydrogen-bond acceptors (Lipinski definition) is 6. The van der Waals surface area contributed by atoms with E-state index in [-0.39, 0.29) is 17.9 Å². The zero-order chi connectivity index (χ0) is 23.4. The first-order valence-corrected chi connectivity index (χ1v) is 13.1. The van der Waals surface area contributed by atoms with Gasteiger partial charge >= 0.3 is 0 Å². The Morgan fingerprint density at radius 3 is 2.59 bits per heavy atom. The number of pyridine rings is 1. The van der Waals surface area contributed by atoms with Gasteiger partial charge in [0, 0.05) is 46.6 Å². The van der Waals surface area contributed by atoms with E-state index in [1.165, 1.54) is 30.8 Å². The highest BCUT2D eigenvalue weighted by atomic mass is 35.5. The van der Waals surface area contributed by atoms with Crippen molar-refractivity contribution >= 4 is 45.0 Å². The number of imide groups is 1. The lowest BCUT2D eigenvalue weighted by Crippen LogP contribution is -2.52. The molecule has 4 aliphatic heterocycles. The van der Waals surface area contributed by atoms with Crippen LogP contribution in [0.1, 0.15) is 36.1 Å². The number of thiophene rings is 1. The number of amides is 2. The molecule has 0 spiro atoms. The predicted molar refractivity (Wildman–Crippen MR) is 133 cm³/mol. The van der Waals surface area contributed by atoms with E-state index >= 15 is 0 Å². The summed E-state index contributed by atoms with van der Waals surface area (Å²) in [5.41, 5.74) is 3.86. The van der Waals surface area contributed by atoms with Gasteiger partial charge in [-0.2, -0.15) is 0 Å². The molecular weight excluding hydrogens is 470 g/mol. The molecule has 2 amide bonds. The quantitative estimate of drug-likeness (QED) is 0.464. The second-order valence-electron chi connectivity index (χ2n) is 9.55. The molecule has 2 aromatic heterocycles. The summed E-state index contributed by atoms with van der Waals surface area (Å²) in [5, 5.41) is 0.670. The van der Waals surface area contributed by atoms with Crippen LogP contribution in [0.4, 0.5) is 0 Å². The molecule has 3 aromatic rings. The lowest BCUT2D eigenvalue weighted by Gasteiger charge is -2.44. The highest BCUT2D eigenvalue weighted by Crippen LogP contribution is 2.43. The van der Waals surface area contributed by atoms with Crippen molar-refractivity contribution in [1.29, 1.82) is 0 Å². The van der Waals surface area contributed by atoms with Crippen molar-refractivity contribution in [3.05, 3.63) is 45.9 Å². The molecule has 0 aliphatic carbocycles. The molecular formula is C26H26ClN3O3S. The average Bonchev–Trinajstić information content (AvgIpc) is 3.39. The third kappa shape index (κ3) is 3.89. The van der Waals surface area contributed by atoms with Crippen molar-refractivity contribution in [2.75, 3.05) is 19.6 Å². The molecule has 0 N–H and O–H groups in total. The summed E-state index contributed by atoms with van der Waals surface area (Å²) >= 11 is 8.09. The number of hydrogen-bond donors (Lipinski definition) is 0. The lowest BCUT2D eigenvalue weighted by molar-refractivity contribution is -0.138. The summed E-state index contributed by atoms with van der Waals surface area (Å²) < 4.78 is 7.75. The van der Waals surface area contributed by atoms with E-state index in [2.05, 4.69) is 16.8 Å². The van der Waals surface area contributed by atoms with E-state index in [0.29, 0.717) is 30.3 Å². The Labute approximate surface area is 207 Å². The van der Waals surface area contributed by atoms with Crippen molar-refractivity contribution in [3.63, 3.8) is 0 Å². The van der Waals surface area contributed by atoms with Gasteiger partial charge in [-0.3, -0.25) is 24.4 Å². The summed E-state index contributed by atoms with van der Waals surface area (Å²) in [6.07, 6.45) is 4.96. The second kappa shape index (κ2) is 8.63. The minimum absolute atomic E-state index is 0.102. The normalized spacial score (nSPS) is 24.4. The number of fused-ring (bicyclic) bond motifs is 4.